The van der Waals surface area contributed by atoms with E-state index in [1.54, 1.807) is 0 Å². The number of nitrogens with one attached hydrogen (secondary N) is 2. The molecule has 0 aromatic carbocycles. The first-order valence-electron chi connectivity index (χ1n) is 3.18. The van der Waals surface area contributed by atoms with Crippen LogP contribution in [0.1, 0.15) is 13.8 Å². The standard InChI is InChI=1S/C2H6.2CH4N2S.H3O3P/c1-2;2*2-1(3)4;1-4(2)3/h1-2H3;2*(H4,2,3,4);4H,(H2,1,2,3). The van der Waals surface area contributed by atoms with Crippen molar-refractivity contribution in [3.63, 3.8) is 0 Å². The maximum atomic E-state index is 8.74. The molecular weight excluding hydrogens is 247 g/mol. The molecule has 0 heterocycles. The Morgan fingerprint density at radius 2 is 1.14 bits per heavy atom. The van der Waals surface area contributed by atoms with E-state index in [1.807, 2.05) is 13.8 Å². The van der Waals surface area contributed by atoms with E-state index >= 15 is 0 Å². The number of nitrogens with two attached hydrogens (primary N) is 2. The minimum atomic E-state index is -3.13. The molecule has 0 fully saturated rings. The predicted molar refractivity (Wildman–Crippen MR) is 66.6 cm³/mol. The van der Waals surface area contributed by atoms with Crippen molar-refractivity contribution in [1.29, 1.82) is 10.8 Å². The Morgan fingerprint density at radius 3 is 1.14 bits per heavy atom. The Morgan fingerprint density at radius 1 is 1.14 bits per heavy atom. The molecule has 10 heteroatoms. The topological polar surface area (TPSA) is 157 Å². The predicted octanol–water partition coefficient (Wildman–Crippen LogP) is 0.00624. The first-order chi connectivity index (χ1) is 6.20. The molecule has 88 valence electrons. The number of hydrogen-bond acceptors (Lipinski definition) is 3. The number of rotatable bonds is 0. The van der Waals surface area contributed by atoms with E-state index in [1.165, 1.54) is 0 Å². The lowest BCUT2D eigenvalue weighted by atomic mass is 11.0. The van der Waals surface area contributed by atoms with Crippen LogP contribution in [0.3, 0.4) is 0 Å². The van der Waals surface area contributed by atoms with Crippen molar-refractivity contribution in [3.05, 3.63) is 0 Å². The van der Waals surface area contributed by atoms with Crippen LogP contribution in [0.5, 0.6) is 0 Å². The van der Waals surface area contributed by atoms with Crippen molar-refractivity contribution < 1.29 is 14.4 Å². The number of amidine groups is 2. The van der Waals surface area contributed by atoms with Crippen LogP contribution in [-0.4, -0.2) is 20.1 Å². The van der Waals surface area contributed by atoms with Crippen LogP contribution in [-0.2, 0) is 4.57 Å². The Balaban J connectivity index is -0.0000000492. The van der Waals surface area contributed by atoms with Gasteiger partial charge in [0.05, 0.1) is 0 Å². The summed E-state index contributed by atoms with van der Waals surface area (Å²) in [4.78, 5) is 14.3. The van der Waals surface area contributed by atoms with Crippen molar-refractivity contribution in [2.24, 2.45) is 11.5 Å². The van der Waals surface area contributed by atoms with Gasteiger partial charge in [-0.25, -0.2) is 0 Å². The maximum absolute atomic E-state index is 8.74. The highest BCUT2D eigenvalue weighted by Crippen LogP contribution is 1.98. The molecule has 0 aliphatic heterocycles. The molecule has 0 atom stereocenters. The molecule has 0 aliphatic carbocycles. The summed E-state index contributed by atoms with van der Waals surface area (Å²) in [5.74, 6) is 0. The second kappa shape index (κ2) is 23.0. The van der Waals surface area contributed by atoms with Crippen LogP contribution < -0.4 is 11.5 Å². The minimum Gasteiger partial charge on any atom is -0.379 e. The van der Waals surface area contributed by atoms with Gasteiger partial charge in [-0.15, -0.1) is 25.3 Å². The molecule has 0 aliphatic rings. The molecule has 0 amide bonds. The molecule has 0 saturated carbocycles. The molecule has 8 N–H and O–H groups in total. The Bertz CT molecular complexity index is 128. The van der Waals surface area contributed by atoms with Crippen LogP contribution in [0.2, 0.25) is 0 Å². The fourth-order valence-corrected chi connectivity index (χ4v) is 0. The first kappa shape index (κ1) is 23.5. The first-order valence-corrected chi connectivity index (χ1v) is 5.37. The van der Waals surface area contributed by atoms with Crippen LogP contribution in [0.25, 0.3) is 0 Å². The normalized spacial score (nSPS) is 6.50. The Kier molecular flexibility index (Phi) is 38.7. The summed E-state index contributed by atoms with van der Waals surface area (Å²) < 4.78 is 8.74. The largest absolute Gasteiger partial charge is 0.379 e. The SMILES string of the molecule is CC.N=C(N)S.N=C(N)S.O=[PH](O)O. The molecule has 0 saturated heterocycles. The molecule has 0 aromatic rings. The van der Waals surface area contributed by atoms with Crippen molar-refractivity contribution in [3.8, 4) is 0 Å². The molecule has 7 nitrogen and oxygen atoms in total. The minimum absolute atomic E-state index is 0.139. The van der Waals surface area contributed by atoms with Gasteiger partial charge in [0.25, 0.3) is 0 Å². The highest BCUT2D eigenvalue weighted by molar-refractivity contribution is 7.96. The van der Waals surface area contributed by atoms with E-state index in [0.717, 1.165) is 0 Å². The van der Waals surface area contributed by atoms with Gasteiger partial charge in [0.1, 0.15) is 10.3 Å². The number of hydrogen-bond donors (Lipinski definition) is 8. The van der Waals surface area contributed by atoms with Crippen LogP contribution in [0.15, 0.2) is 0 Å². The van der Waals surface area contributed by atoms with Crippen molar-refractivity contribution >= 4 is 43.8 Å². The van der Waals surface area contributed by atoms with Crippen molar-refractivity contribution in [2.75, 3.05) is 0 Å². The van der Waals surface area contributed by atoms with Crippen LogP contribution in [0.4, 0.5) is 0 Å². The molecule has 0 aromatic heterocycles. The lowest BCUT2D eigenvalue weighted by molar-refractivity contribution is 0.405. The third kappa shape index (κ3) is 31100. The van der Waals surface area contributed by atoms with Gasteiger partial charge in [-0.2, -0.15) is 0 Å². The number of thiol groups is 2. The van der Waals surface area contributed by atoms with E-state index < -0.39 is 8.25 Å². The average molecular weight is 264 g/mol. The molecule has 0 bridgehead atoms. The molecule has 14 heavy (non-hydrogen) atoms. The second-order valence-corrected chi connectivity index (χ2v) is 2.58. The molecule has 0 radical (unpaired) electrons. The van der Waals surface area contributed by atoms with Gasteiger partial charge in [0, 0.05) is 0 Å². The van der Waals surface area contributed by atoms with Gasteiger partial charge in [-0.3, -0.25) is 15.4 Å². The van der Waals surface area contributed by atoms with Crippen molar-refractivity contribution in [2.45, 2.75) is 13.8 Å². The van der Waals surface area contributed by atoms with Crippen LogP contribution in [0, 0.1) is 10.8 Å². The summed E-state index contributed by atoms with van der Waals surface area (Å²) in [6.45, 7) is 4.00. The maximum Gasteiger partial charge on any atom is 0.314 e. The zero-order valence-corrected chi connectivity index (χ0v) is 10.6. The fraction of sp³-hybridized carbons (Fsp3) is 0.500. The molecule has 0 rings (SSSR count). The highest BCUT2D eigenvalue weighted by atomic mass is 32.1. The second-order valence-electron chi connectivity index (χ2n) is 1.05. The van der Waals surface area contributed by atoms with E-state index in [4.69, 9.17) is 25.2 Å². The van der Waals surface area contributed by atoms with Crippen molar-refractivity contribution in [1.82, 2.24) is 0 Å². The van der Waals surface area contributed by atoms with Gasteiger partial charge >= 0.3 is 8.25 Å². The monoisotopic (exact) mass is 264 g/mol. The summed E-state index contributed by atoms with van der Waals surface area (Å²) >= 11 is 6.65. The Hall–Kier alpha value is -0.210. The van der Waals surface area contributed by atoms with E-state index in [2.05, 4.69) is 36.7 Å². The lowest BCUT2D eigenvalue weighted by Crippen LogP contribution is -1.96. The summed E-state index contributed by atoms with van der Waals surface area (Å²) in [6.07, 6.45) is 0. The molecule has 0 spiro atoms. The third-order valence-corrected chi connectivity index (χ3v) is 0. The van der Waals surface area contributed by atoms with Gasteiger partial charge in [-0.1, -0.05) is 13.8 Å². The van der Waals surface area contributed by atoms with E-state index in [9.17, 15) is 0 Å². The molecule has 0 unspecified atom stereocenters. The zero-order chi connectivity index (χ0) is 12.7. The van der Waals surface area contributed by atoms with E-state index in [-0.39, 0.29) is 10.3 Å². The fourth-order valence-electron chi connectivity index (χ4n) is 0. The summed E-state index contributed by atoms with van der Waals surface area (Å²) in [5.41, 5.74) is 9.12. The third-order valence-electron chi connectivity index (χ3n) is 0. The summed E-state index contributed by atoms with van der Waals surface area (Å²) in [7, 11) is -3.13. The van der Waals surface area contributed by atoms with Gasteiger partial charge in [0.2, 0.25) is 0 Å². The zero-order valence-electron chi connectivity index (χ0n) is 7.85. The molecular formula is C4H17N4O3PS2. The lowest BCUT2D eigenvalue weighted by Gasteiger charge is -1.65. The quantitative estimate of drug-likeness (QED) is 0.134. The summed E-state index contributed by atoms with van der Waals surface area (Å²) in [6, 6.07) is 0. The average Bonchev–Trinajstić information content (AvgIpc) is 1.86. The summed E-state index contributed by atoms with van der Waals surface area (Å²) in [5, 5.41) is 12.0. The van der Waals surface area contributed by atoms with Gasteiger partial charge in [-0.05, 0) is 0 Å². The van der Waals surface area contributed by atoms with Gasteiger partial charge in [0.15, 0.2) is 0 Å². The Labute approximate surface area is 94.7 Å². The van der Waals surface area contributed by atoms with Crippen LogP contribution >= 0.6 is 33.5 Å². The highest BCUT2D eigenvalue weighted by Gasteiger charge is 1.61. The smallest absolute Gasteiger partial charge is 0.314 e. The van der Waals surface area contributed by atoms with Gasteiger partial charge < -0.3 is 21.3 Å². The van der Waals surface area contributed by atoms with E-state index in [0.29, 0.717) is 0 Å².